The lowest BCUT2D eigenvalue weighted by atomic mass is 10.0. The number of nitrogens with one attached hydrogen (secondary N) is 2. The SMILES string of the molecule is COc1cccc(C2CC(C(=O)N3CCN(S(=O)(=O)c4ccc(C)cc4C)CC3)NN2)c1. The summed E-state index contributed by atoms with van der Waals surface area (Å²) < 4.78 is 33.0. The van der Waals surface area contributed by atoms with Crippen LogP contribution in [0.3, 0.4) is 0 Å². The molecule has 2 aliphatic rings. The number of hydrogen-bond acceptors (Lipinski definition) is 6. The number of piperazine rings is 1. The van der Waals surface area contributed by atoms with Gasteiger partial charge in [0.05, 0.1) is 12.0 Å². The molecular formula is C23H30N4O4S. The van der Waals surface area contributed by atoms with Gasteiger partial charge in [0, 0.05) is 32.2 Å². The molecule has 0 aromatic heterocycles. The third-order valence-electron chi connectivity index (χ3n) is 6.20. The van der Waals surface area contributed by atoms with Crippen LogP contribution >= 0.6 is 0 Å². The van der Waals surface area contributed by atoms with E-state index in [0.29, 0.717) is 37.5 Å². The van der Waals surface area contributed by atoms with Crippen molar-refractivity contribution < 1.29 is 17.9 Å². The summed E-state index contributed by atoms with van der Waals surface area (Å²) in [7, 11) is -1.94. The Balaban J connectivity index is 1.36. The van der Waals surface area contributed by atoms with Crippen molar-refractivity contribution in [1.82, 2.24) is 20.1 Å². The molecule has 2 heterocycles. The van der Waals surface area contributed by atoms with E-state index in [1.807, 2.05) is 50.2 Å². The fraction of sp³-hybridized carbons (Fsp3) is 0.435. The van der Waals surface area contributed by atoms with Gasteiger partial charge in [0.1, 0.15) is 11.8 Å². The van der Waals surface area contributed by atoms with Gasteiger partial charge in [-0.2, -0.15) is 4.31 Å². The zero-order valence-electron chi connectivity index (χ0n) is 18.7. The molecule has 32 heavy (non-hydrogen) atoms. The summed E-state index contributed by atoms with van der Waals surface area (Å²) in [6.45, 7) is 5.10. The number of amides is 1. The minimum atomic E-state index is -3.57. The van der Waals surface area contributed by atoms with Crippen molar-refractivity contribution in [1.29, 1.82) is 0 Å². The van der Waals surface area contributed by atoms with Gasteiger partial charge < -0.3 is 9.64 Å². The monoisotopic (exact) mass is 458 g/mol. The second-order valence-electron chi connectivity index (χ2n) is 8.40. The van der Waals surface area contributed by atoms with E-state index in [9.17, 15) is 13.2 Å². The second kappa shape index (κ2) is 9.19. The third-order valence-corrected chi connectivity index (χ3v) is 8.25. The number of sulfonamides is 1. The van der Waals surface area contributed by atoms with E-state index in [4.69, 9.17) is 4.74 Å². The van der Waals surface area contributed by atoms with Crippen molar-refractivity contribution in [2.45, 2.75) is 37.2 Å². The molecule has 0 saturated carbocycles. The van der Waals surface area contributed by atoms with Gasteiger partial charge in [0.25, 0.3) is 0 Å². The topological polar surface area (TPSA) is 91.0 Å². The highest BCUT2D eigenvalue weighted by Gasteiger charge is 2.36. The van der Waals surface area contributed by atoms with Crippen LogP contribution in [0.15, 0.2) is 47.4 Å². The number of carbonyl (C=O) groups excluding carboxylic acids is 1. The molecule has 9 heteroatoms. The average Bonchev–Trinajstić information content (AvgIpc) is 3.29. The van der Waals surface area contributed by atoms with Gasteiger partial charge >= 0.3 is 0 Å². The average molecular weight is 459 g/mol. The predicted molar refractivity (Wildman–Crippen MR) is 122 cm³/mol. The minimum Gasteiger partial charge on any atom is -0.497 e. The fourth-order valence-electron chi connectivity index (χ4n) is 4.39. The lowest BCUT2D eigenvalue weighted by Crippen LogP contribution is -2.54. The molecule has 2 aromatic rings. The third kappa shape index (κ3) is 4.52. The molecule has 2 unspecified atom stereocenters. The summed E-state index contributed by atoms with van der Waals surface area (Å²) >= 11 is 0. The number of aryl methyl sites for hydroxylation is 2. The quantitative estimate of drug-likeness (QED) is 0.710. The van der Waals surface area contributed by atoms with E-state index in [1.54, 1.807) is 18.1 Å². The summed E-state index contributed by atoms with van der Waals surface area (Å²) in [4.78, 5) is 15.1. The first-order valence-corrected chi connectivity index (χ1v) is 12.2. The summed E-state index contributed by atoms with van der Waals surface area (Å²) in [5.74, 6) is 0.770. The van der Waals surface area contributed by atoms with Gasteiger partial charge in [0.2, 0.25) is 15.9 Å². The Labute approximate surface area is 189 Å². The molecule has 2 aliphatic heterocycles. The highest BCUT2D eigenvalue weighted by molar-refractivity contribution is 7.89. The molecule has 4 rings (SSSR count). The molecular weight excluding hydrogens is 428 g/mol. The molecule has 2 N–H and O–H groups in total. The number of ether oxygens (including phenoxy) is 1. The van der Waals surface area contributed by atoms with Crippen LogP contribution in [-0.4, -0.2) is 62.9 Å². The molecule has 8 nitrogen and oxygen atoms in total. The van der Waals surface area contributed by atoms with Crippen molar-refractivity contribution in [3.63, 3.8) is 0 Å². The van der Waals surface area contributed by atoms with E-state index < -0.39 is 10.0 Å². The van der Waals surface area contributed by atoms with Gasteiger partial charge in [-0.05, 0) is 49.6 Å². The lowest BCUT2D eigenvalue weighted by molar-refractivity contribution is -0.134. The first-order valence-electron chi connectivity index (χ1n) is 10.8. The molecule has 2 atom stereocenters. The largest absolute Gasteiger partial charge is 0.497 e. The second-order valence-corrected chi connectivity index (χ2v) is 10.3. The van der Waals surface area contributed by atoms with E-state index in [-0.39, 0.29) is 18.0 Å². The van der Waals surface area contributed by atoms with E-state index in [2.05, 4.69) is 10.9 Å². The molecule has 0 radical (unpaired) electrons. The summed E-state index contributed by atoms with van der Waals surface area (Å²) in [5.41, 5.74) is 9.13. The number of hydrazine groups is 1. The Hall–Kier alpha value is -2.46. The number of hydrogen-bond donors (Lipinski definition) is 2. The molecule has 172 valence electrons. The van der Waals surface area contributed by atoms with E-state index in [0.717, 1.165) is 22.4 Å². The number of benzene rings is 2. The van der Waals surface area contributed by atoms with Crippen molar-refractivity contribution in [2.75, 3.05) is 33.3 Å². The first-order chi connectivity index (χ1) is 15.3. The number of methoxy groups -OCH3 is 1. The molecule has 1 amide bonds. The van der Waals surface area contributed by atoms with Crippen LogP contribution in [0.5, 0.6) is 5.75 Å². The van der Waals surface area contributed by atoms with E-state index >= 15 is 0 Å². The van der Waals surface area contributed by atoms with Crippen molar-refractivity contribution in [2.24, 2.45) is 0 Å². The van der Waals surface area contributed by atoms with Gasteiger partial charge in [-0.3, -0.25) is 4.79 Å². The van der Waals surface area contributed by atoms with Gasteiger partial charge in [-0.15, -0.1) is 0 Å². The zero-order valence-corrected chi connectivity index (χ0v) is 19.5. The van der Waals surface area contributed by atoms with Crippen molar-refractivity contribution in [3.05, 3.63) is 59.2 Å². The Morgan fingerprint density at radius 2 is 1.78 bits per heavy atom. The Morgan fingerprint density at radius 1 is 1.03 bits per heavy atom. The minimum absolute atomic E-state index is 0.00484. The smallest absolute Gasteiger partial charge is 0.243 e. The van der Waals surface area contributed by atoms with Crippen LogP contribution < -0.4 is 15.6 Å². The number of rotatable bonds is 5. The molecule has 2 saturated heterocycles. The van der Waals surface area contributed by atoms with Gasteiger partial charge in [0.15, 0.2) is 0 Å². The Morgan fingerprint density at radius 3 is 2.47 bits per heavy atom. The molecule has 0 bridgehead atoms. The zero-order chi connectivity index (χ0) is 22.9. The Kier molecular flexibility index (Phi) is 6.52. The van der Waals surface area contributed by atoms with Gasteiger partial charge in [-0.25, -0.2) is 19.3 Å². The normalized spacial score (nSPS) is 22.2. The summed E-state index contributed by atoms with van der Waals surface area (Å²) in [6, 6.07) is 12.8. The molecule has 2 fully saturated rings. The van der Waals surface area contributed by atoms with Crippen LogP contribution in [-0.2, 0) is 14.8 Å². The van der Waals surface area contributed by atoms with Crippen LogP contribution in [0.25, 0.3) is 0 Å². The summed E-state index contributed by atoms with van der Waals surface area (Å²) in [6.07, 6.45) is 0.618. The standard InChI is InChI=1S/C23H30N4O4S/c1-16-7-8-22(17(2)13-16)32(29,30)27-11-9-26(10-12-27)23(28)21-15-20(24-25-21)18-5-4-6-19(14-18)31-3/h4-8,13-14,20-21,24-25H,9-12,15H2,1-3H3. The fourth-order valence-corrected chi connectivity index (χ4v) is 6.02. The molecule has 0 spiro atoms. The van der Waals surface area contributed by atoms with Crippen molar-refractivity contribution >= 4 is 15.9 Å². The highest BCUT2D eigenvalue weighted by atomic mass is 32.2. The Bertz CT molecular complexity index is 1100. The van der Waals surface area contributed by atoms with Gasteiger partial charge in [-0.1, -0.05) is 29.8 Å². The number of nitrogens with zero attached hydrogens (tertiary/aromatic N) is 2. The van der Waals surface area contributed by atoms with Crippen molar-refractivity contribution in [3.8, 4) is 5.75 Å². The maximum Gasteiger partial charge on any atom is 0.243 e. The lowest BCUT2D eigenvalue weighted by Gasteiger charge is -2.35. The molecule has 0 aliphatic carbocycles. The van der Waals surface area contributed by atoms with Crippen LogP contribution in [0.1, 0.15) is 29.2 Å². The molecule has 2 aromatic carbocycles. The predicted octanol–water partition coefficient (Wildman–Crippen LogP) is 1.75. The highest BCUT2D eigenvalue weighted by Crippen LogP contribution is 2.27. The van der Waals surface area contributed by atoms with Crippen LogP contribution in [0, 0.1) is 13.8 Å². The van der Waals surface area contributed by atoms with Crippen LogP contribution in [0.4, 0.5) is 0 Å². The summed E-state index contributed by atoms with van der Waals surface area (Å²) in [5, 5.41) is 0. The van der Waals surface area contributed by atoms with Crippen LogP contribution in [0.2, 0.25) is 0 Å². The number of carbonyl (C=O) groups is 1. The maximum absolute atomic E-state index is 13.1. The maximum atomic E-state index is 13.1. The first kappa shape index (κ1) is 22.7. The van der Waals surface area contributed by atoms with E-state index in [1.165, 1.54) is 4.31 Å².